The Kier molecular flexibility index (Phi) is 10.3. The molecule has 4 N–H and O–H groups in total. The van der Waals surface area contributed by atoms with Crippen LogP contribution in [0.5, 0.6) is 0 Å². The van der Waals surface area contributed by atoms with Crippen LogP contribution in [-0.2, 0) is 14.3 Å². The summed E-state index contributed by atoms with van der Waals surface area (Å²) in [6.45, 7) is 10.0. The van der Waals surface area contributed by atoms with Crippen LogP contribution in [0.15, 0.2) is 29.3 Å². The second-order valence-electron chi connectivity index (χ2n) is 9.42. The quantitative estimate of drug-likeness (QED) is 0.182. The minimum atomic E-state index is -0.754. The zero-order valence-electron chi connectivity index (χ0n) is 21.4. The zero-order valence-corrected chi connectivity index (χ0v) is 21.4. The van der Waals surface area contributed by atoms with Gasteiger partial charge in [-0.15, -0.1) is 0 Å². The largest absolute Gasteiger partial charge is 0.466 e. The van der Waals surface area contributed by atoms with Crippen molar-refractivity contribution in [3.05, 3.63) is 35.5 Å². The lowest BCUT2D eigenvalue weighted by molar-refractivity contribution is -0.148. The van der Waals surface area contributed by atoms with E-state index in [1.54, 1.807) is 45.0 Å². The van der Waals surface area contributed by atoms with E-state index in [4.69, 9.17) is 15.2 Å². The fraction of sp³-hybridized carbons (Fsp3) is 0.538. The molecule has 0 saturated carbocycles. The highest BCUT2D eigenvalue weighted by atomic mass is 16.6. The number of esters is 1. The van der Waals surface area contributed by atoms with E-state index in [1.165, 1.54) is 0 Å². The average Bonchev–Trinajstić information content (AvgIpc) is 3.20. The van der Waals surface area contributed by atoms with E-state index in [9.17, 15) is 14.4 Å². The lowest BCUT2D eigenvalue weighted by atomic mass is 9.99. The Morgan fingerprint density at radius 1 is 1.11 bits per heavy atom. The van der Waals surface area contributed by atoms with E-state index in [0.29, 0.717) is 24.4 Å². The van der Waals surface area contributed by atoms with Crippen LogP contribution in [0.2, 0.25) is 0 Å². The number of ether oxygens (including phenoxy) is 2. The van der Waals surface area contributed by atoms with Gasteiger partial charge >= 0.3 is 12.1 Å². The number of hydrogen-bond donors (Lipinski definition) is 3. The number of fused-ring (bicyclic) bond motifs is 1. The number of carbonyl (C=O) groups is 3. The maximum atomic E-state index is 12.5. The van der Waals surface area contributed by atoms with Crippen LogP contribution < -0.4 is 11.1 Å². The first-order chi connectivity index (χ1) is 16.5. The molecular weight excluding hydrogens is 448 g/mol. The van der Waals surface area contributed by atoms with E-state index in [2.05, 4.69) is 15.3 Å². The number of unbranched alkanes of at least 4 members (excludes halogenated alkanes) is 2. The summed E-state index contributed by atoms with van der Waals surface area (Å²) in [6.07, 6.45) is 3.48. The minimum Gasteiger partial charge on any atom is -0.466 e. The topological polar surface area (TPSA) is 136 Å². The van der Waals surface area contributed by atoms with Crippen molar-refractivity contribution in [3.8, 4) is 0 Å². The number of amides is 2. The summed E-state index contributed by atoms with van der Waals surface area (Å²) in [6, 6.07) is 7.01. The molecule has 1 aromatic heterocycles. The van der Waals surface area contributed by atoms with Crippen LogP contribution in [0.1, 0.15) is 82.8 Å². The van der Waals surface area contributed by atoms with Crippen molar-refractivity contribution >= 4 is 34.7 Å². The van der Waals surface area contributed by atoms with Crippen LogP contribution in [0.25, 0.3) is 10.9 Å². The predicted octanol–water partition coefficient (Wildman–Crippen LogP) is 4.69. The lowest BCUT2D eigenvalue weighted by Gasteiger charge is -2.17. The molecule has 0 bridgehead atoms. The standard InChI is InChI=1S/C26H38N4O5/c1-6-17(24(32)34-7-2)11-9-8-10-14-28-23(31)21-16-19-15-18(12-13-20(19)29-21)22(27)30-25(33)35-26(3,4)5/h12-13,15-17,29H,6-11,14H2,1-5H3,(H,28,31)(H2,27,30,33). The van der Waals surface area contributed by atoms with Gasteiger partial charge in [-0.1, -0.05) is 19.8 Å². The molecule has 1 unspecified atom stereocenters. The van der Waals surface area contributed by atoms with Crippen molar-refractivity contribution in [2.24, 2.45) is 16.6 Å². The van der Waals surface area contributed by atoms with Crippen LogP contribution in [0.3, 0.4) is 0 Å². The van der Waals surface area contributed by atoms with Crippen molar-refractivity contribution in [2.75, 3.05) is 13.2 Å². The number of carbonyl (C=O) groups excluding carboxylic acids is 3. The summed E-state index contributed by atoms with van der Waals surface area (Å²) in [4.78, 5) is 43.2. The highest BCUT2D eigenvalue weighted by molar-refractivity contribution is 6.06. The molecule has 2 amide bonds. The number of nitrogens with two attached hydrogens (primary N) is 1. The summed E-state index contributed by atoms with van der Waals surface area (Å²) in [5, 5.41) is 3.70. The Morgan fingerprint density at radius 2 is 1.86 bits per heavy atom. The van der Waals surface area contributed by atoms with Crippen molar-refractivity contribution in [3.63, 3.8) is 0 Å². The molecule has 1 atom stereocenters. The van der Waals surface area contributed by atoms with Gasteiger partial charge in [0, 0.05) is 23.0 Å². The first-order valence-corrected chi connectivity index (χ1v) is 12.2. The molecule has 35 heavy (non-hydrogen) atoms. The molecule has 0 aliphatic heterocycles. The third-order valence-electron chi connectivity index (χ3n) is 5.39. The molecule has 2 aromatic rings. The molecule has 0 fully saturated rings. The third-order valence-corrected chi connectivity index (χ3v) is 5.39. The summed E-state index contributed by atoms with van der Waals surface area (Å²) >= 11 is 0. The fourth-order valence-electron chi connectivity index (χ4n) is 3.60. The second kappa shape index (κ2) is 12.9. The molecule has 9 heteroatoms. The third kappa shape index (κ3) is 9.07. The average molecular weight is 487 g/mol. The molecule has 2 rings (SSSR count). The Hall–Kier alpha value is -3.36. The maximum absolute atomic E-state index is 12.5. The number of H-pyrrole nitrogens is 1. The number of aromatic nitrogens is 1. The number of nitrogens with zero attached hydrogens (tertiary/aromatic N) is 1. The van der Waals surface area contributed by atoms with Gasteiger partial charge in [-0.3, -0.25) is 9.59 Å². The number of hydrogen-bond acceptors (Lipinski definition) is 5. The number of aromatic amines is 1. The van der Waals surface area contributed by atoms with Gasteiger partial charge in [0.25, 0.3) is 5.91 Å². The lowest BCUT2D eigenvalue weighted by Crippen LogP contribution is -2.24. The Morgan fingerprint density at radius 3 is 2.51 bits per heavy atom. The SMILES string of the molecule is CCOC(=O)C(CC)CCCCCNC(=O)c1cc2cc(/C(N)=N/C(=O)OC(C)(C)C)ccc2[nH]1. The van der Waals surface area contributed by atoms with Crippen LogP contribution in [-0.4, -0.2) is 47.5 Å². The van der Waals surface area contributed by atoms with E-state index < -0.39 is 11.7 Å². The van der Waals surface area contributed by atoms with Gasteiger partial charge in [0.05, 0.1) is 12.5 Å². The summed E-state index contributed by atoms with van der Waals surface area (Å²) < 4.78 is 10.3. The molecule has 1 aromatic carbocycles. The first kappa shape index (κ1) is 27.9. The molecular formula is C26H38N4O5. The van der Waals surface area contributed by atoms with E-state index >= 15 is 0 Å². The summed E-state index contributed by atoms with van der Waals surface area (Å²) in [7, 11) is 0. The van der Waals surface area contributed by atoms with Crippen molar-refractivity contribution in [1.29, 1.82) is 0 Å². The van der Waals surface area contributed by atoms with Crippen molar-refractivity contribution in [1.82, 2.24) is 10.3 Å². The summed E-state index contributed by atoms with van der Waals surface area (Å²) in [5.41, 5.74) is 7.08. The summed E-state index contributed by atoms with van der Waals surface area (Å²) in [5.74, 6) is -0.329. The number of rotatable bonds is 11. The van der Waals surface area contributed by atoms with Crippen molar-refractivity contribution in [2.45, 2.75) is 72.3 Å². The zero-order chi connectivity index (χ0) is 26.0. The van der Waals surface area contributed by atoms with Gasteiger partial charge in [0.2, 0.25) is 0 Å². The number of aliphatic imine (C=N–C) groups is 1. The molecule has 0 spiro atoms. The molecule has 0 saturated heterocycles. The smallest absolute Gasteiger partial charge is 0.436 e. The van der Waals surface area contributed by atoms with Gasteiger partial charge in [0.1, 0.15) is 17.1 Å². The maximum Gasteiger partial charge on any atom is 0.436 e. The fourth-order valence-corrected chi connectivity index (χ4v) is 3.60. The van der Waals surface area contributed by atoms with Crippen LogP contribution in [0.4, 0.5) is 4.79 Å². The van der Waals surface area contributed by atoms with Crippen LogP contribution in [0, 0.1) is 5.92 Å². The van der Waals surface area contributed by atoms with Crippen LogP contribution >= 0.6 is 0 Å². The highest BCUT2D eigenvalue weighted by Gasteiger charge is 2.18. The normalized spacial score (nSPS) is 12.9. The van der Waals surface area contributed by atoms with Gasteiger partial charge < -0.3 is 25.5 Å². The Balaban J connectivity index is 1.87. The van der Waals surface area contributed by atoms with Gasteiger partial charge in [-0.25, -0.2) is 4.79 Å². The molecule has 0 aliphatic carbocycles. The Labute approximate surface area is 206 Å². The van der Waals surface area contributed by atoms with E-state index in [1.807, 2.05) is 13.8 Å². The monoisotopic (exact) mass is 486 g/mol. The molecule has 1 heterocycles. The number of nitrogens with one attached hydrogen (secondary N) is 2. The molecule has 0 radical (unpaired) electrons. The molecule has 192 valence electrons. The molecule has 0 aliphatic rings. The van der Waals surface area contributed by atoms with Gasteiger partial charge in [-0.05, 0) is 71.2 Å². The number of benzene rings is 1. The Bertz CT molecular complexity index is 1050. The van der Waals surface area contributed by atoms with E-state index in [0.717, 1.165) is 43.0 Å². The van der Waals surface area contributed by atoms with Gasteiger partial charge in [-0.2, -0.15) is 4.99 Å². The predicted molar refractivity (Wildman–Crippen MR) is 136 cm³/mol. The van der Waals surface area contributed by atoms with Gasteiger partial charge in [0.15, 0.2) is 0 Å². The minimum absolute atomic E-state index is 0.0432. The van der Waals surface area contributed by atoms with Crippen molar-refractivity contribution < 1.29 is 23.9 Å². The molecule has 9 nitrogen and oxygen atoms in total. The highest BCUT2D eigenvalue weighted by Crippen LogP contribution is 2.18. The second-order valence-corrected chi connectivity index (χ2v) is 9.42. The first-order valence-electron chi connectivity index (χ1n) is 12.2. The number of amidine groups is 1. The van der Waals surface area contributed by atoms with E-state index in [-0.39, 0.29) is 23.6 Å².